The summed E-state index contributed by atoms with van der Waals surface area (Å²) in [6.07, 6.45) is 0. The fraction of sp³-hybridized carbons (Fsp3) is 0. The van der Waals surface area contributed by atoms with E-state index in [1.807, 2.05) is 78.1 Å². The lowest BCUT2D eigenvalue weighted by Crippen LogP contribution is -2.00. The van der Waals surface area contributed by atoms with Crippen molar-refractivity contribution in [3.8, 4) is 51.0 Å². The molecule has 0 atom stereocenters. The van der Waals surface area contributed by atoms with E-state index in [1.54, 1.807) is 0 Å². The Morgan fingerprint density at radius 3 is 1.51 bits per heavy atom. The topological polar surface area (TPSA) is 56.7 Å². The van der Waals surface area contributed by atoms with Gasteiger partial charge in [0.05, 0.1) is 11.0 Å². The molecule has 5 nitrogen and oxygen atoms in total. The maximum Gasteiger partial charge on any atom is 0.164 e. The van der Waals surface area contributed by atoms with E-state index < -0.39 is 0 Å². The van der Waals surface area contributed by atoms with Crippen LogP contribution >= 0.6 is 11.3 Å². The normalized spacial score (nSPS) is 11.9. The maximum atomic E-state index is 6.59. The number of nitrogens with zero attached hydrogens (tertiary/aromatic N) is 4. The lowest BCUT2D eigenvalue weighted by atomic mass is 10.0. The third kappa shape index (κ3) is 5.19. The largest absolute Gasteiger partial charge is 0.456 e. The number of furan rings is 1. The summed E-state index contributed by atoms with van der Waals surface area (Å²) < 4.78 is 11.5. The number of thiophene rings is 1. The summed E-state index contributed by atoms with van der Waals surface area (Å²) in [6, 6.07) is 63.9. The van der Waals surface area contributed by atoms with E-state index in [4.69, 9.17) is 19.4 Å². The zero-order chi connectivity index (χ0) is 37.5. The van der Waals surface area contributed by atoms with E-state index >= 15 is 0 Å². The summed E-state index contributed by atoms with van der Waals surface area (Å²) in [7, 11) is 0. The van der Waals surface area contributed by atoms with Gasteiger partial charge in [-0.1, -0.05) is 121 Å². The van der Waals surface area contributed by atoms with Crippen LogP contribution in [-0.2, 0) is 0 Å². The Labute approximate surface area is 330 Å². The van der Waals surface area contributed by atoms with Crippen molar-refractivity contribution in [3.05, 3.63) is 182 Å². The minimum atomic E-state index is 0.601. The Hall–Kier alpha value is -7.41. The average Bonchev–Trinajstić information content (AvgIpc) is 3.95. The summed E-state index contributed by atoms with van der Waals surface area (Å²) >= 11 is 1.85. The van der Waals surface area contributed by atoms with Crippen LogP contribution in [0.4, 0.5) is 0 Å². The smallest absolute Gasteiger partial charge is 0.164 e. The molecule has 4 aromatic heterocycles. The van der Waals surface area contributed by atoms with Crippen molar-refractivity contribution in [3.63, 3.8) is 0 Å². The molecule has 6 heteroatoms. The van der Waals surface area contributed by atoms with Crippen LogP contribution in [0.2, 0.25) is 0 Å². The molecule has 8 aromatic carbocycles. The molecular formula is C51H30N4OS. The Kier molecular flexibility index (Phi) is 7.03. The highest BCUT2D eigenvalue weighted by molar-refractivity contribution is 7.25. The van der Waals surface area contributed by atoms with Gasteiger partial charge in [-0.25, -0.2) is 15.0 Å². The summed E-state index contributed by atoms with van der Waals surface area (Å²) in [4.78, 5) is 14.7. The van der Waals surface area contributed by atoms with E-state index in [2.05, 4.69) is 120 Å². The van der Waals surface area contributed by atoms with E-state index in [0.717, 1.165) is 49.8 Å². The van der Waals surface area contributed by atoms with Gasteiger partial charge in [-0.2, -0.15) is 0 Å². The van der Waals surface area contributed by atoms with Crippen LogP contribution in [-0.4, -0.2) is 19.5 Å². The molecule has 0 N–H and O–H groups in total. The van der Waals surface area contributed by atoms with Crippen molar-refractivity contribution in [2.45, 2.75) is 0 Å². The number of hydrogen-bond donors (Lipinski definition) is 0. The molecular weight excluding hydrogens is 717 g/mol. The molecule has 0 aliphatic carbocycles. The first-order valence-corrected chi connectivity index (χ1v) is 19.8. The molecule has 0 fully saturated rings. The number of aromatic nitrogens is 4. The molecule has 0 saturated carbocycles. The molecule has 0 saturated heterocycles. The van der Waals surface area contributed by atoms with Gasteiger partial charge in [-0.15, -0.1) is 11.3 Å². The fourth-order valence-electron chi connectivity index (χ4n) is 8.32. The summed E-state index contributed by atoms with van der Waals surface area (Å²) in [5, 5.41) is 7.20. The molecule has 12 rings (SSSR count). The fourth-order valence-corrected chi connectivity index (χ4v) is 9.44. The van der Waals surface area contributed by atoms with Gasteiger partial charge in [0.1, 0.15) is 11.2 Å². The van der Waals surface area contributed by atoms with Gasteiger partial charge < -0.3 is 8.98 Å². The second-order valence-corrected chi connectivity index (χ2v) is 15.5. The van der Waals surface area contributed by atoms with E-state index in [1.165, 1.54) is 47.7 Å². The molecule has 0 unspecified atom stereocenters. The number of hydrogen-bond acceptors (Lipinski definition) is 5. The molecule has 0 aliphatic rings. The first-order valence-electron chi connectivity index (χ1n) is 19.0. The standard InChI is InChI=1S/C51H30N4OS/c1-3-11-31(12-4-1)49-52-50(32-13-5-2-6-14-32)54-51(53-49)35-20-24-40-39-23-19-34(28-45(39)56-46(40)29-35)33-21-26-47-42(27-33)41-25-22-36(30-48(41)57-47)55-43-17-9-7-15-37(43)38-16-8-10-18-44(38)55/h1-30H. The third-order valence-corrected chi connectivity index (χ3v) is 12.2. The summed E-state index contributed by atoms with van der Waals surface area (Å²) in [5.41, 5.74) is 10.3. The van der Waals surface area contributed by atoms with Crippen LogP contribution in [0.1, 0.15) is 0 Å². The van der Waals surface area contributed by atoms with Crippen molar-refractivity contribution in [1.82, 2.24) is 19.5 Å². The number of benzene rings is 8. The second kappa shape index (κ2) is 12.6. The molecule has 0 aliphatic heterocycles. The lowest BCUT2D eigenvalue weighted by molar-refractivity contribution is 0.669. The van der Waals surface area contributed by atoms with E-state index in [-0.39, 0.29) is 0 Å². The minimum absolute atomic E-state index is 0.601. The Bertz CT molecular complexity index is 3420. The van der Waals surface area contributed by atoms with Gasteiger partial charge in [0.15, 0.2) is 17.5 Å². The monoisotopic (exact) mass is 746 g/mol. The summed E-state index contributed by atoms with van der Waals surface area (Å²) in [5.74, 6) is 1.87. The lowest BCUT2D eigenvalue weighted by Gasteiger charge is -2.08. The maximum absolute atomic E-state index is 6.59. The van der Waals surface area contributed by atoms with Crippen LogP contribution in [0.5, 0.6) is 0 Å². The van der Waals surface area contributed by atoms with Crippen molar-refractivity contribution in [1.29, 1.82) is 0 Å². The Morgan fingerprint density at radius 2 is 0.860 bits per heavy atom. The average molecular weight is 747 g/mol. The quantitative estimate of drug-likeness (QED) is 0.176. The van der Waals surface area contributed by atoms with Gasteiger partial charge in [0, 0.05) is 64.1 Å². The molecule has 0 bridgehead atoms. The van der Waals surface area contributed by atoms with Crippen molar-refractivity contribution in [2.75, 3.05) is 0 Å². The van der Waals surface area contributed by atoms with Crippen LogP contribution in [0.3, 0.4) is 0 Å². The van der Waals surface area contributed by atoms with Gasteiger partial charge in [0.2, 0.25) is 0 Å². The van der Waals surface area contributed by atoms with Gasteiger partial charge in [-0.3, -0.25) is 0 Å². The number of rotatable bonds is 5. The molecule has 0 amide bonds. The third-order valence-electron chi connectivity index (χ3n) is 11.1. The molecule has 4 heterocycles. The van der Waals surface area contributed by atoms with Crippen LogP contribution in [0.15, 0.2) is 186 Å². The first kappa shape index (κ1) is 31.9. The number of para-hydroxylation sites is 2. The number of fused-ring (bicyclic) bond motifs is 9. The first-order chi connectivity index (χ1) is 28.2. The van der Waals surface area contributed by atoms with Gasteiger partial charge >= 0.3 is 0 Å². The van der Waals surface area contributed by atoms with Crippen molar-refractivity contribution in [2.24, 2.45) is 0 Å². The highest BCUT2D eigenvalue weighted by atomic mass is 32.1. The zero-order valence-corrected chi connectivity index (χ0v) is 31.2. The summed E-state index contributed by atoms with van der Waals surface area (Å²) in [6.45, 7) is 0. The van der Waals surface area contributed by atoms with E-state index in [0.29, 0.717) is 17.5 Å². The molecule has 12 aromatic rings. The second-order valence-electron chi connectivity index (χ2n) is 14.4. The molecule has 0 radical (unpaired) electrons. The molecule has 57 heavy (non-hydrogen) atoms. The highest BCUT2D eigenvalue weighted by Gasteiger charge is 2.17. The Morgan fingerprint density at radius 1 is 0.351 bits per heavy atom. The minimum Gasteiger partial charge on any atom is -0.456 e. The molecule has 0 spiro atoms. The SMILES string of the molecule is c1ccc(-c2nc(-c3ccccc3)nc(-c3ccc4c(c3)oc3cc(-c5ccc6sc7cc(-n8c9ccccc9c9ccccc98)ccc7c6c5)ccc34)n2)cc1. The molecule has 266 valence electrons. The predicted molar refractivity (Wildman–Crippen MR) is 236 cm³/mol. The van der Waals surface area contributed by atoms with Crippen LogP contribution < -0.4 is 0 Å². The van der Waals surface area contributed by atoms with Gasteiger partial charge in [-0.05, 0) is 71.8 Å². The van der Waals surface area contributed by atoms with Crippen LogP contribution in [0.25, 0.3) is 115 Å². The highest BCUT2D eigenvalue weighted by Crippen LogP contribution is 2.41. The van der Waals surface area contributed by atoms with Crippen LogP contribution in [0, 0.1) is 0 Å². The van der Waals surface area contributed by atoms with Gasteiger partial charge in [0.25, 0.3) is 0 Å². The van der Waals surface area contributed by atoms with E-state index in [9.17, 15) is 0 Å². The Balaban J connectivity index is 0.921. The van der Waals surface area contributed by atoms with Crippen molar-refractivity contribution >= 4 is 75.3 Å². The predicted octanol–water partition coefficient (Wildman–Crippen LogP) is 13.9. The zero-order valence-electron chi connectivity index (χ0n) is 30.4. The van der Waals surface area contributed by atoms with Crippen molar-refractivity contribution < 1.29 is 4.42 Å².